The van der Waals surface area contributed by atoms with Crippen LogP contribution in [0.3, 0.4) is 0 Å². The maximum Gasteiger partial charge on any atom is 0.0916 e. The molecular formula is C16H26INO. The lowest BCUT2D eigenvalue weighted by Gasteiger charge is -2.25. The Morgan fingerprint density at radius 2 is 1.58 bits per heavy atom. The summed E-state index contributed by atoms with van der Waals surface area (Å²) >= 11 is 2.29. The van der Waals surface area contributed by atoms with E-state index in [9.17, 15) is 5.11 Å². The lowest BCUT2D eigenvalue weighted by molar-refractivity contribution is 0.111. The minimum Gasteiger partial charge on any atom is -0.387 e. The van der Waals surface area contributed by atoms with Gasteiger partial charge in [0.25, 0.3) is 0 Å². The van der Waals surface area contributed by atoms with Gasteiger partial charge in [-0.2, -0.15) is 0 Å². The molecule has 0 bridgehead atoms. The second-order valence-electron chi connectivity index (χ2n) is 5.08. The third-order valence-electron chi connectivity index (χ3n) is 3.34. The molecule has 19 heavy (non-hydrogen) atoms. The van der Waals surface area contributed by atoms with Crippen molar-refractivity contribution < 1.29 is 5.11 Å². The molecule has 0 saturated carbocycles. The summed E-state index contributed by atoms with van der Waals surface area (Å²) in [7, 11) is 0. The van der Waals surface area contributed by atoms with Crippen LogP contribution < -0.4 is 0 Å². The molecule has 1 N–H and O–H groups in total. The molecule has 0 spiro atoms. The monoisotopic (exact) mass is 375 g/mol. The molecule has 2 nitrogen and oxygen atoms in total. The lowest BCUT2D eigenvalue weighted by Crippen LogP contribution is -2.30. The van der Waals surface area contributed by atoms with E-state index in [0.29, 0.717) is 0 Å². The molecule has 1 aromatic rings. The third-order valence-corrected chi connectivity index (χ3v) is 4.06. The summed E-state index contributed by atoms with van der Waals surface area (Å²) < 4.78 is 1.21. The standard InChI is InChI=1S/C16H26INO/c1-3-5-11-18(12-6-4-2)13-16(19)14-7-9-15(17)10-8-14/h7-10,16,19H,3-6,11-13H2,1-2H3/t16-/m0/s1. The Kier molecular flexibility index (Phi) is 8.66. The van der Waals surface area contributed by atoms with Crippen molar-refractivity contribution in [1.29, 1.82) is 0 Å². The van der Waals surface area contributed by atoms with Gasteiger partial charge in [0.15, 0.2) is 0 Å². The van der Waals surface area contributed by atoms with Crippen LogP contribution in [0.5, 0.6) is 0 Å². The van der Waals surface area contributed by atoms with Crippen LogP contribution in [0.25, 0.3) is 0 Å². The molecule has 0 aromatic heterocycles. The summed E-state index contributed by atoms with van der Waals surface area (Å²) in [5, 5.41) is 10.3. The van der Waals surface area contributed by atoms with Crippen molar-refractivity contribution in [1.82, 2.24) is 4.90 Å². The highest BCUT2D eigenvalue weighted by Crippen LogP contribution is 2.16. The quantitative estimate of drug-likeness (QED) is 0.653. The maximum atomic E-state index is 10.3. The number of hydrogen-bond acceptors (Lipinski definition) is 2. The molecule has 3 heteroatoms. The summed E-state index contributed by atoms with van der Waals surface area (Å²) in [4.78, 5) is 2.40. The Morgan fingerprint density at radius 3 is 2.05 bits per heavy atom. The van der Waals surface area contributed by atoms with Crippen molar-refractivity contribution in [3.05, 3.63) is 33.4 Å². The number of aliphatic hydroxyl groups excluding tert-OH is 1. The van der Waals surface area contributed by atoms with Crippen LogP contribution in [-0.2, 0) is 0 Å². The molecule has 0 aliphatic carbocycles. The molecule has 0 fully saturated rings. The SMILES string of the molecule is CCCCN(CCCC)C[C@H](O)c1ccc(I)cc1. The first-order valence-electron chi connectivity index (χ1n) is 7.33. The lowest BCUT2D eigenvalue weighted by atomic mass is 10.1. The first-order chi connectivity index (χ1) is 9.17. The van der Waals surface area contributed by atoms with E-state index in [-0.39, 0.29) is 6.10 Å². The van der Waals surface area contributed by atoms with Gasteiger partial charge in [0, 0.05) is 10.1 Å². The van der Waals surface area contributed by atoms with E-state index < -0.39 is 0 Å². The summed E-state index contributed by atoms with van der Waals surface area (Å²) in [6.45, 7) is 7.37. The zero-order valence-electron chi connectivity index (χ0n) is 12.1. The highest BCUT2D eigenvalue weighted by atomic mass is 127. The Bertz CT molecular complexity index is 331. The van der Waals surface area contributed by atoms with E-state index >= 15 is 0 Å². The number of unbranched alkanes of at least 4 members (excludes halogenated alkanes) is 2. The van der Waals surface area contributed by atoms with E-state index in [0.717, 1.165) is 25.2 Å². The van der Waals surface area contributed by atoms with Gasteiger partial charge < -0.3 is 10.0 Å². The molecule has 1 rings (SSSR count). The summed E-state index contributed by atoms with van der Waals surface area (Å²) in [6, 6.07) is 8.18. The van der Waals surface area contributed by atoms with E-state index in [1.54, 1.807) is 0 Å². The van der Waals surface area contributed by atoms with Crippen LogP contribution in [0.2, 0.25) is 0 Å². The number of aliphatic hydroxyl groups is 1. The Hall–Kier alpha value is -0.130. The zero-order valence-corrected chi connectivity index (χ0v) is 14.3. The Morgan fingerprint density at radius 1 is 1.05 bits per heavy atom. The largest absolute Gasteiger partial charge is 0.387 e. The van der Waals surface area contributed by atoms with Crippen LogP contribution in [0, 0.1) is 3.57 Å². The van der Waals surface area contributed by atoms with Gasteiger partial charge in [0.1, 0.15) is 0 Å². The minimum atomic E-state index is -0.370. The first kappa shape index (κ1) is 16.9. The third kappa shape index (κ3) is 6.72. The van der Waals surface area contributed by atoms with Crippen LogP contribution in [-0.4, -0.2) is 29.6 Å². The van der Waals surface area contributed by atoms with Gasteiger partial charge in [-0.05, 0) is 66.2 Å². The van der Waals surface area contributed by atoms with Gasteiger partial charge in [-0.25, -0.2) is 0 Å². The van der Waals surface area contributed by atoms with Gasteiger partial charge in [-0.15, -0.1) is 0 Å². The second-order valence-corrected chi connectivity index (χ2v) is 6.32. The van der Waals surface area contributed by atoms with E-state index in [4.69, 9.17) is 0 Å². The Labute approximate surface area is 131 Å². The fourth-order valence-corrected chi connectivity index (χ4v) is 2.45. The smallest absolute Gasteiger partial charge is 0.0916 e. The summed E-state index contributed by atoms with van der Waals surface area (Å²) in [6.07, 6.45) is 4.47. The number of rotatable bonds is 9. The maximum absolute atomic E-state index is 10.3. The van der Waals surface area contributed by atoms with E-state index in [2.05, 4.69) is 53.5 Å². The number of halogens is 1. The molecule has 0 heterocycles. The van der Waals surface area contributed by atoms with E-state index in [1.807, 2.05) is 12.1 Å². The molecule has 0 saturated heterocycles. The molecule has 108 valence electrons. The molecule has 0 radical (unpaired) electrons. The highest BCUT2D eigenvalue weighted by molar-refractivity contribution is 14.1. The normalized spacial score (nSPS) is 12.9. The highest BCUT2D eigenvalue weighted by Gasteiger charge is 2.12. The van der Waals surface area contributed by atoms with Crippen LogP contribution >= 0.6 is 22.6 Å². The number of hydrogen-bond donors (Lipinski definition) is 1. The fraction of sp³-hybridized carbons (Fsp3) is 0.625. The first-order valence-corrected chi connectivity index (χ1v) is 8.41. The van der Waals surface area contributed by atoms with Crippen molar-refractivity contribution in [2.75, 3.05) is 19.6 Å². The molecule has 0 unspecified atom stereocenters. The fourth-order valence-electron chi connectivity index (χ4n) is 2.09. The van der Waals surface area contributed by atoms with Crippen LogP contribution in [0.4, 0.5) is 0 Å². The van der Waals surface area contributed by atoms with Crippen molar-refractivity contribution in [3.63, 3.8) is 0 Å². The van der Waals surface area contributed by atoms with Crippen molar-refractivity contribution in [2.45, 2.75) is 45.6 Å². The average Bonchev–Trinajstić information content (AvgIpc) is 2.42. The number of benzene rings is 1. The molecule has 1 atom stereocenters. The molecule has 0 aliphatic heterocycles. The molecule has 0 aliphatic rings. The zero-order chi connectivity index (χ0) is 14.1. The topological polar surface area (TPSA) is 23.5 Å². The summed E-state index contributed by atoms with van der Waals surface area (Å²) in [5.74, 6) is 0. The van der Waals surface area contributed by atoms with Gasteiger partial charge in [0.05, 0.1) is 6.10 Å². The number of nitrogens with zero attached hydrogens (tertiary/aromatic N) is 1. The average molecular weight is 375 g/mol. The van der Waals surface area contributed by atoms with Crippen molar-refractivity contribution >= 4 is 22.6 Å². The van der Waals surface area contributed by atoms with Gasteiger partial charge >= 0.3 is 0 Å². The van der Waals surface area contributed by atoms with Crippen LogP contribution in [0.1, 0.15) is 51.2 Å². The van der Waals surface area contributed by atoms with Crippen molar-refractivity contribution in [3.8, 4) is 0 Å². The molecule has 0 amide bonds. The van der Waals surface area contributed by atoms with Gasteiger partial charge in [0.2, 0.25) is 0 Å². The molecular weight excluding hydrogens is 349 g/mol. The second kappa shape index (κ2) is 9.72. The molecule has 1 aromatic carbocycles. The minimum absolute atomic E-state index is 0.370. The van der Waals surface area contributed by atoms with E-state index in [1.165, 1.54) is 29.3 Å². The van der Waals surface area contributed by atoms with Gasteiger partial charge in [-0.1, -0.05) is 38.8 Å². The van der Waals surface area contributed by atoms with Crippen LogP contribution in [0.15, 0.2) is 24.3 Å². The Balaban J connectivity index is 2.53. The summed E-state index contributed by atoms with van der Waals surface area (Å²) in [5.41, 5.74) is 1.03. The predicted octanol–water partition coefficient (Wildman–Crippen LogP) is 4.23. The predicted molar refractivity (Wildman–Crippen MR) is 90.4 cm³/mol. The van der Waals surface area contributed by atoms with Crippen molar-refractivity contribution in [2.24, 2.45) is 0 Å². The van der Waals surface area contributed by atoms with Gasteiger partial charge in [-0.3, -0.25) is 0 Å².